The van der Waals surface area contributed by atoms with Gasteiger partial charge in [-0.2, -0.15) is 0 Å². The molecule has 0 aromatic heterocycles. The first kappa shape index (κ1) is 13.6. The molecule has 1 heterocycles. The summed E-state index contributed by atoms with van der Waals surface area (Å²) in [5.74, 6) is 0.748. The van der Waals surface area contributed by atoms with Crippen molar-refractivity contribution >= 4 is 15.9 Å². The third kappa shape index (κ3) is 2.74. The fourth-order valence-corrected chi connectivity index (χ4v) is 4.62. The molecule has 1 aromatic rings. The molecule has 1 saturated carbocycles. The number of rotatable bonds is 4. The second-order valence-corrected chi connectivity index (χ2v) is 7.13. The summed E-state index contributed by atoms with van der Waals surface area (Å²) in [6.07, 6.45) is 1.93. The Morgan fingerprint density at radius 3 is 2.68 bits per heavy atom. The minimum atomic E-state index is 0.322. The van der Waals surface area contributed by atoms with E-state index in [1.165, 1.54) is 18.5 Å². The number of halogens is 1. The van der Waals surface area contributed by atoms with Crippen LogP contribution in [0.15, 0.2) is 30.3 Å². The number of alkyl halides is 1. The van der Waals surface area contributed by atoms with Crippen LogP contribution in [-0.4, -0.2) is 34.5 Å². The van der Waals surface area contributed by atoms with Crippen molar-refractivity contribution in [2.45, 2.75) is 49.9 Å². The molecule has 0 unspecified atom stereocenters. The van der Waals surface area contributed by atoms with E-state index in [-0.39, 0.29) is 0 Å². The molecule has 1 saturated heterocycles. The minimum absolute atomic E-state index is 0.322. The standard InChI is InChI=1S/C16H22BrNO/c1-11(2)19-14-8-13-10-18(16(14)15(13)17)9-12-6-4-3-5-7-12/h3-7,11,13-16H,8-10H2,1-2H3/t13-,14-,15-,16+/m0/s1. The summed E-state index contributed by atoms with van der Waals surface area (Å²) in [5, 5.41) is 0. The van der Waals surface area contributed by atoms with Gasteiger partial charge in [0.1, 0.15) is 0 Å². The van der Waals surface area contributed by atoms with Crippen molar-refractivity contribution in [2.24, 2.45) is 5.92 Å². The van der Waals surface area contributed by atoms with Crippen LogP contribution in [0.5, 0.6) is 0 Å². The van der Waals surface area contributed by atoms with Crippen LogP contribution in [0, 0.1) is 5.92 Å². The number of piperidine rings is 1. The van der Waals surface area contributed by atoms with Crippen LogP contribution < -0.4 is 0 Å². The van der Waals surface area contributed by atoms with Gasteiger partial charge in [0.15, 0.2) is 0 Å². The normalized spacial score (nSPS) is 34.3. The lowest BCUT2D eigenvalue weighted by Crippen LogP contribution is -2.44. The average Bonchev–Trinajstić information content (AvgIpc) is 2.81. The fourth-order valence-electron chi connectivity index (χ4n) is 3.56. The molecule has 2 nitrogen and oxygen atoms in total. The number of hydrogen-bond donors (Lipinski definition) is 0. The van der Waals surface area contributed by atoms with Gasteiger partial charge >= 0.3 is 0 Å². The topological polar surface area (TPSA) is 12.5 Å². The van der Waals surface area contributed by atoms with Crippen LogP contribution in [0.1, 0.15) is 25.8 Å². The van der Waals surface area contributed by atoms with E-state index < -0.39 is 0 Å². The molecular formula is C16H22BrNO. The van der Waals surface area contributed by atoms with Gasteiger partial charge in [0.25, 0.3) is 0 Å². The summed E-state index contributed by atoms with van der Waals surface area (Å²) in [5.41, 5.74) is 1.40. The van der Waals surface area contributed by atoms with Crippen LogP contribution in [-0.2, 0) is 11.3 Å². The van der Waals surface area contributed by atoms with Crippen molar-refractivity contribution in [3.05, 3.63) is 35.9 Å². The monoisotopic (exact) mass is 323 g/mol. The Kier molecular flexibility index (Phi) is 3.97. The molecular weight excluding hydrogens is 302 g/mol. The van der Waals surface area contributed by atoms with Gasteiger partial charge in [-0.1, -0.05) is 46.3 Å². The Balaban J connectivity index is 1.70. The first-order valence-corrected chi connectivity index (χ1v) is 8.14. The highest BCUT2D eigenvalue weighted by atomic mass is 79.9. The minimum Gasteiger partial charge on any atom is -0.374 e. The first-order chi connectivity index (χ1) is 9.15. The molecule has 1 aromatic carbocycles. The lowest BCUT2D eigenvalue weighted by atomic mass is 10.1. The lowest BCUT2D eigenvalue weighted by molar-refractivity contribution is -0.0433. The van der Waals surface area contributed by atoms with Crippen LogP contribution in [0.25, 0.3) is 0 Å². The molecule has 0 spiro atoms. The number of likely N-dealkylation sites (tertiary alicyclic amines) is 1. The Labute approximate surface area is 124 Å². The number of benzene rings is 1. The quantitative estimate of drug-likeness (QED) is 0.787. The fraction of sp³-hybridized carbons (Fsp3) is 0.625. The van der Waals surface area contributed by atoms with Crippen LogP contribution in [0.2, 0.25) is 0 Å². The van der Waals surface area contributed by atoms with Gasteiger partial charge < -0.3 is 4.74 Å². The van der Waals surface area contributed by atoms with E-state index in [2.05, 4.69) is 65.0 Å². The number of ether oxygens (including phenoxy) is 1. The van der Waals surface area contributed by atoms with E-state index in [4.69, 9.17) is 4.74 Å². The first-order valence-electron chi connectivity index (χ1n) is 7.22. The zero-order valence-electron chi connectivity index (χ0n) is 11.6. The lowest BCUT2D eigenvalue weighted by Gasteiger charge is -2.34. The summed E-state index contributed by atoms with van der Waals surface area (Å²) in [6.45, 7) is 6.52. The highest BCUT2D eigenvalue weighted by molar-refractivity contribution is 9.09. The number of fused-ring (bicyclic) bond motifs is 2. The summed E-state index contributed by atoms with van der Waals surface area (Å²) < 4.78 is 6.11. The molecule has 0 N–H and O–H groups in total. The molecule has 3 heteroatoms. The molecule has 2 bridgehead atoms. The van der Waals surface area contributed by atoms with E-state index in [0.29, 0.717) is 23.1 Å². The molecule has 0 amide bonds. The van der Waals surface area contributed by atoms with Crippen molar-refractivity contribution in [1.82, 2.24) is 4.90 Å². The zero-order valence-corrected chi connectivity index (χ0v) is 13.2. The van der Waals surface area contributed by atoms with Gasteiger partial charge in [0.05, 0.1) is 12.2 Å². The van der Waals surface area contributed by atoms with E-state index in [1.54, 1.807) is 0 Å². The number of hydrogen-bond acceptors (Lipinski definition) is 2. The maximum Gasteiger partial charge on any atom is 0.0748 e. The molecule has 2 fully saturated rings. The van der Waals surface area contributed by atoms with Gasteiger partial charge in [-0.05, 0) is 31.7 Å². The molecule has 104 valence electrons. The Morgan fingerprint density at radius 1 is 1.32 bits per heavy atom. The van der Waals surface area contributed by atoms with E-state index in [1.807, 2.05) is 0 Å². The van der Waals surface area contributed by atoms with Crippen molar-refractivity contribution in [3.8, 4) is 0 Å². The van der Waals surface area contributed by atoms with Crippen molar-refractivity contribution in [1.29, 1.82) is 0 Å². The molecule has 1 aliphatic carbocycles. The van der Waals surface area contributed by atoms with Gasteiger partial charge in [-0.25, -0.2) is 0 Å². The summed E-state index contributed by atoms with van der Waals surface area (Å²) in [4.78, 5) is 3.19. The summed E-state index contributed by atoms with van der Waals surface area (Å²) in [7, 11) is 0. The van der Waals surface area contributed by atoms with Crippen molar-refractivity contribution < 1.29 is 4.74 Å². The Hall–Kier alpha value is -0.380. The Morgan fingerprint density at radius 2 is 2.05 bits per heavy atom. The predicted octanol–water partition coefficient (Wildman–Crippen LogP) is 3.45. The molecule has 4 atom stereocenters. The molecule has 2 aliphatic rings. The van der Waals surface area contributed by atoms with Crippen molar-refractivity contribution in [3.63, 3.8) is 0 Å². The van der Waals surface area contributed by atoms with Gasteiger partial charge in [-0.15, -0.1) is 0 Å². The van der Waals surface area contributed by atoms with E-state index >= 15 is 0 Å². The average molecular weight is 324 g/mol. The van der Waals surface area contributed by atoms with E-state index in [9.17, 15) is 0 Å². The third-order valence-corrected chi connectivity index (χ3v) is 5.55. The summed E-state index contributed by atoms with van der Waals surface area (Å²) >= 11 is 3.89. The molecule has 1 aliphatic heterocycles. The zero-order chi connectivity index (χ0) is 13.4. The highest BCUT2D eigenvalue weighted by Crippen LogP contribution is 2.44. The van der Waals surface area contributed by atoms with Crippen LogP contribution in [0.4, 0.5) is 0 Å². The van der Waals surface area contributed by atoms with Crippen LogP contribution >= 0.6 is 15.9 Å². The van der Waals surface area contributed by atoms with Gasteiger partial charge in [0, 0.05) is 24.0 Å². The number of nitrogens with zero attached hydrogens (tertiary/aromatic N) is 1. The maximum absolute atomic E-state index is 6.11. The largest absolute Gasteiger partial charge is 0.374 e. The summed E-state index contributed by atoms with van der Waals surface area (Å²) in [6, 6.07) is 11.3. The van der Waals surface area contributed by atoms with Crippen molar-refractivity contribution in [2.75, 3.05) is 6.54 Å². The predicted molar refractivity (Wildman–Crippen MR) is 81.5 cm³/mol. The molecule has 19 heavy (non-hydrogen) atoms. The third-order valence-electron chi connectivity index (χ3n) is 4.26. The molecule has 3 rings (SSSR count). The molecule has 0 radical (unpaired) electrons. The second kappa shape index (κ2) is 5.55. The highest BCUT2D eigenvalue weighted by Gasteiger charge is 2.52. The van der Waals surface area contributed by atoms with Crippen LogP contribution in [0.3, 0.4) is 0 Å². The SMILES string of the molecule is CC(C)O[C@H]1C[C@H]2CN(Cc3ccccc3)[C@H]1[C@H]2Br. The van der Waals surface area contributed by atoms with E-state index in [0.717, 1.165) is 12.5 Å². The maximum atomic E-state index is 6.11. The second-order valence-electron chi connectivity index (χ2n) is 6.07. The Bertz CT molecular complexity index is 420. The van der Waals surface area contributed by atoms with Gasteiger partial charge in [-0.3, -0.25) is 4.90 Å². The van der Waals surface area contributed by atoms with Gasteiger partial charge in [0.2, 0.25) is 0 Å². The smallest absolute Gasteiger partial charge is 0.0748 e.